The second-order valence-electron chi connectivity index (χ2n) is 6.82. The molecule has 5 nitrogen and oxygen atoms in total. The quantitative estimate of drug-likeness (QED) is 0.591. The van der Waals surface area contributed by atoms with Crippen LogP contribution in [-0.4, -0.2) is 21.4 Å². The number of amides is 1. The van der Waals surface area contributed by atoms with Crippen LogP contribution in [0.3, 0.4) is 0 Å². The molecule has 0 aromatic heterocycles. The van der Waals surface area contributed by atoms with Crippen molar-refractivity contribution in [2.75, 3.05) is 16.7 Å². The Labute approximate surface area is 178 Å². The number of hydrogen-bond acceptors (Lipinski definition) is 3. The number of benzene rings is 3. The summed E-state index contributed by atoms with van der Waals surface area (Å²) in [5.74, 6) is -0.609. The molecule has 0 saturated carbocycles. The first-order valence-electron chi connectivity index (χ1n) is 9.13. The van der Waals surface area contributed by atoms with Gasteiger partial charge in [-0.25, -0.2) is 8.42 Å². The fraction of sp³-hybridized carbons (Fsp3) is 0.136. The number of carbonyl (C=O) groups excluding carboxylic acids is 1. The molecule has 0 bridgehead atoms. The molecule has 0 aliphatic heterocycles. The Bertz CT molecular complexity index is 1210. The third kappa shape index (κ3) is 4.88. The minimum absolute atomic E-state index is 0.00493. The molecule has 3 aromatic rings. The highest BCUT2D eigenvalue weighted by Crippen LogP contribution is 2.31. The Morgan fingerprint density at radius 3 is 2.23 bits per heavy atom. The van der Waals surface area contributed by atoms with E-state index in [1.807, 2.05) is 0 Å². The van der Waals surface area contributed by atoms with Gasteiger partial charge >= 0.3 is 6.18 Å². The van der Waals surface area contributed by atoms with Gasteiger partial charge in [0.15, 0.2) is 0 Å². The summed E-state index contributed by atoms with van der Waals surface area (Å²) in [7, 11) is -2.38. The van der Waals surface area contributed by atoms with Crippen LogP contribution in [0.2, 0.25) is 0 Å². The minimum atomic E-state index is -4.52. The molecule has 1 amide bonds. The highest BCUT2D eigenvalue weighted by Gasteiger charge is 2.30. The van der Waals surface area contributed by atoms with Crippen molar-refractivity contribution in [2.24, 2.45) is 0 Å². The van der Waals surface area contributed by atoms with Crippen molar-refractivity contribution in [1.29, 1.82) is 0 Å². The zero-order valence-electron chi connectivity index (χ0n) is 16.6. The van der Waals surface area contributed by atoms with Crippen LogP contribution in [0.5, 0.6) is 0 Å². The summed E-state index contributed by atoms with van der Waals surface area (Å²) in [6.45, 7) is 1.65. The van der Waals surface area contributed by atoms with Crippen molar-refractivity contribution in [3.8, 4) is 0 Å². The van der Waals surface area contributed by atoms with E-state index in [2.05, 4.69) is 5.32 Å². The molecule has 1 N–H and O–H groups in total. The molecular formula is C22H19F3N2O3S. The van der Waals surface area contributed by atoms with Crippen LogP contribution in [0.1, 0.15) is 21.5 Å². The molecular weight excluding hydrogens is 429 g/mol. The van der Waals surface area contributed by atoms with Gasteiger partial charge in [0.2, 0.25) is 0 Å². The lowest BCUT2D eigenvalue weighted by atomic mass is 10.1. The third-order valence-corrected chi connectivity index (χ3v) is 6.43. The van der Waals surface area contributed by atoms with Crippen molar-refractivity contribution >= 4 is 27.3 Å². The topological polar surface area (TPSA) is 66.5 Å². The molecule has 0 atom stereocenters. The zero-order valence-corrected chi connectivity index (χ0v) is 17.5. The monoisotopic (exact) mass is 448 g/mol. The van der Waals surface area contributed by atoms with E-state index in [0.717, 1.165) is 16.4 Å². The SMILES string of the molecule is Cc1cc(C(=O)Nc2cccc(C(F)(F)F)c2)ccc1N(C)S(=O)(=O)c1ccccc1. The molecule has 0 heterocycles. The van der Waals surface area contributed by atoms with E-state index in [1.54, 1.807) is 25.1 Å². The van der Waals surface area contributed by atoms with Gasteiger partial charge in [0.05, 0.1) is 16.1 Å². The predicted octanol–water partition coefficient (Wildman–Crippen LogP) is 5.09. The molecule has 0 fully saturated rings. The zero-order chi connectivity index (χ0) is 22.8. The largest absolute Gasteiger partial charge is 0.416 e. The summed E-state index contributed by atoms with van der Waals surface area (Å²) < 4.78 is 65.3. The molecule has 31 heavy (non-hydrogen) atoms. The van der Waals surface area contributed by atoms with Gasteiger partial charge < -0.3 is 5.32 Å². The first-order chi connectivity index (χ1) is 14.5. The second-order valence-corrected chi connectivity index (χ2v) is 8.79. The number of aryl methyl sites for hydroxylation is 1. The molecule has 3 rings (SSSR count). The Morgan fingerprint density at radius 2 is 1.61 bits per heavy atom. The van der Waals surface area contributed by atoms with Gasteiger partial charge in [0.25, 0.3) is 15.9 Å². The van der Waals surface area contributed by atoms with Crippen molar-refractivity contribution in [1.82, 2.24) is 0 Å². The molecule has 162 valence electrons. The lowest BCUT2D eigenvalue weighted by Crippen LogP contribution is -2.27. The van der Waals surface area contributed by atoms with Gasteiger partial charge in [0, 0.05) is 18.3 Å². The van der Waals surface area contributed by atoms with E-state index < -0.39 is 27.7 Å². The van der Waals surface area contributed by atoms with Gasteiger partial charge in [-0.2, -0.15) is 13.2 Å². The van der Waals surface area contributed by atoms with Crippen LogP contribution in [0, 0.1) is 6.92 Å². The summed E-state index contributed by atoms with van der Waals surface area (Å²) >= 11 is 0. The van der Waals surface area contributed by atoms with Crippen LogP contribution in [0.25, 0.3) is 0 Å². The Morgan fingerprint density at radius 1 is 0.935 bits per heavy atom. The Kier molecular flexibility index (Phi) is 6.08. The maximum absolute atomic E-state index is 12.9. The van der Waals surface area contributed by atoms with Gasteiger partial charge in [-0.05, 0) is 61.0 Å². The molecule has 0 aliphatic rings. The number of hydrogen-bond donors (Lipinski definition) is 1. The summed E-state index contributed by atoms with van der Waals surface area (Å²) in [5, 5.41) is 2.43. The van der Waals surface area contributed by atoms with Crippen LogP contribution in [0.15, 0.2) is 77.7 Å². The van der Waals surface area contributed by atoms with E-state index in [9.17, 15) is 26.4 Å². The average Bonchev–Trinajstić information content (AvgIpc) is 2.73. The van der Waals surface area contributed by atoms with E-state index >= 15 is 0 Å². The average molecular weight is 448 g/mol. The van der Waals surface area contributed by atoms with Crippen LogP contribution >= 0.6 is 0 Å². The molecule has 0 spiro atoms. The highest BCUT2D eigenvalue weighted by molar-refractivity contribution is 7.92. The molecule has 3 aromatic carbocycles. The lowest BCUT2D eigenvalue weighted by Gasteiger charge is -2.22. The summed E-state index contributed by atoms with van der Waals surface area (Å²) in [6, 6.07) is 16.6. The standard InChI is InChI=1S/C22H19F3N2O3S/c1-15-13-16(21(28)26-18-8-6-7-17(14-18)22(23,24)25)11-12-20(15)27(2)31(29,30)19-9-4-3-5-10-19/h3-14H,1-2H3,(H,26,28). The fourth-order valence-corrected chi connectivity index (χ4v) is 4.29. The third-order valence-electron chi connectivity index (χ3n) is 4.65. The van der Waals surface area contributed by atoms with E-state index in [4.69, 9.17) is 0 Å². The van der Waals surface area contributed by atoms with Gasteiger partial charge in [-0.1, -0.05) is 24.3 Å². The maximum Gasteiger partial charge on any atom is 0.416 e. The van der Waals surface area contributed by atoms with E-state index in [1.165, 1.54) is 49.5 Å². The van der Waals surface area contributed by atoms with Crippen molar-refractivity contribution < 1.29 is 26.4 Å². The van der Waals surface area contributed by atoms with Crippen molar-refractivity contribution in [2.45, 2.75) is 18.0 Å². The van der Waals surface area contributed by atoms with E-state index in [-0.39, 0.29) is 16.1 Å². The number of anilines is 2. The summed E-state index contributed by atoms with van der Waals surface area (Å²) in [4.78, 5) is 12.6. The number of nitrogens with zero attached hydrogens (tertiary/aromatic N) is 1. The number of rotatable bonds is 5. The van der Waals surface area contributed by atoms with Crippen LogP contribution in [-0.2, 0) is 16.2 Å². The molecule has 9 heteroatoms. The van der Waals surface area contributed by atoms with Gasteiger partial charge in [-0.15, -0.1) is 0 Å². The van der Waals surface area contributed by atoms with Gasteiger partial charge in [-0.3, -0.25) is 9.10 Å². The van der Waals surface area contributed by atoms with Crippen molar-refractivity contribution in [3.63, 3.8) is 0 Å². The van der Waals surface area contributed by atoms with Gasteiger partial charge in [0.1, 0.15) is 0 Å². The molecule has 0 saturated heterocycles. The number of carbonyl (C=O) groups is 1. The number of halogens is 3. The Balaban J connectivity index is 1.83. The number of alkyl halides is 3. The first-order valence-corrected chi connectivity index (χ1v) is 10.6. The smallest absolute Gasteiger partial charge is 0.322 e. The molecule has 0 unspecified atom stereocenters. The van der Waals surface area contributed by atoms with Crippen LogP contribution in [0.4, 0.5) is 24.5 Å². The number of sulfonamides is 1. The molecule has 0 radical (unpaired) electrons. The molecule has 0 aliphatic carbocycles. The summed E-state index contributed by atoms with van der Waals surface area (Å²) in [5.41, 5.74) is 0.206. The lowest BCUT2D eigenvalue weighted by molar-refractivity contribution is -0.137. The first kappa shape index (κ1) is 22.4. The van der Waals surface area contributed by atoms with E-state index in [0.29, 0.717) is 11.3 Å². The predicted molar refractivity (Wildman–Crippen MR) is 113 cm³/mol. The summed E-state index contributed by atoms with van der Waals surface area (Å²) in [6.07, 6.45) is -4.52. The van der Waals surface area contributed by atoms with Crippen molar-refractivity contribution in [3.05, 3.63) is 89.5 Å². The van der Waals surface area contributed by atoms with Crippen LogP contribution < -0.4 is 9.62 Å². The Hall–Kier alpha value is -3.33. The minimum Gasteiger partial charge on any atom is -0.322 e. The normalized spacial score (nSPS) is 11.8. The maximum atomic E-state index is 12.9. The highest BCUT2D eigenvalue weighted by atomic mass is 32.2. The number of nitrogens with one attached hydrogen (secondary N) is 1. The second kappa shape index (κ2) is 8.43. The fourth-order valence-electron chi connectivity index (χ4n) is 3.01.